The van der Waals surface area contributed by atoms with Crippen LogP contribution in [0.15, 0.2) is 4.60 Å². The number of aliphatic carboxylic acids is 1. The molecule has 0 radical (unpaired) electrons. The van der Waals surface area contributed by atoms with E-state index in [0.717, 1.165) is 63.1 Å². The first-order valence-electron chi connectivity index (χ1n) is 7.26. The van der Waals surface area contributed by atoms with Crippen molar-refractivity contribution in [3.8, 4) is 0 Å². The van der Waals surface area contributed by atoms with E-state index in [-0.39, 0.29) is 6.42 Å². The largest absolute Gasteiger partial charge is 0.481 e. The molecule has 0 amide bonds. The van der Waals surface area contributed by atoms with E-state index in [2.05, 4.69) is 30.8 Å². The Bertz CT molecular complexity index is 513. The number of nitrogens with zero attached hydrogens (tertiary/aromatic N) is 3. The van der Waals surface area contributed by atoms with Gasteiger partial charge in [0.25, 0.3) is 0 Å². The number of unbranched alkanes of at least 4 members (excludes halogenated alkanes) is 3. The van der Waals surface area contributed by atoms with Crippen LogP contribution in [0.1, 0.15) is 44.2 Å². The normalized spacial score (nSPS) is 14.1. The van der Waals surface area contributed by atoms with Crippen molar-refractivity contribution in [3.63, 3.8) is 0 Å². The van der Waals surface area contributed by atoms with Gasteiger partial charge in [-0.2, -0.15) is 0 Å². The average Bonchev–Trinajstić information content (AvgIpc) is 2.44. The lowest BCUT2D eigenvalue weighted by Gasteiger charge is -2.29. The maximum absolute atomic E-state index is 10.4. The fraction of sp³-hybridized carbons (Fsp3) is 0.643. The first kappa shape index (κ1) is 16.5. The van der Waals surface area contributed by atoms with Crippen LogP contribution in [-0.4, -0.2) is 34.1 Å². The Balaban J connectivity index is 1.83. The summed E-state index contributed by atoms with van der Waals surface area (Å²) < 4.78 is 0.610. The molecule has 2 heterocycles. The van der Waals surface area contributed by atoms with E-state index >= 15 is 0 Å². The zero-order valence-corrected chi connectivity index (χ0v) is 14.2. The van der Waals surface area contributed by atoms with Gasteiger partial charge in [0.1, 0.15) is 4.60 Å². The second kappa shape index (κ2) is 7.94. The van der Waals surface area contributed by atoms with E-state index in [4.69, 9.17) is 16.7 Å². The summed E-state index contributed by atoms with van der Waals surface area (Å²) in [5.74, 6) is 0.190. The van der Waals surface area contributed by atoms with Gasteiger partial charge in [-0.05, 0) is 41.6 Å². The molecule has 21 heavy (non-hydrogen) atoms. The Morgan fingerprint density at radius 3 is 2.81 bits per heavy atom. The minimum absolute atomic E-state index is 0.266. The van der Waals surface area contributed by atoms with Gasteiger partial charge >= 0.3 is 5.97 Å². The SMILES string of the molecule is O=C(O)CCCCCCN1CCCc2nc(Br)c(Cl)nc21. The number of aromatic nitrogens is 2. The molecule has 0 atom stereocenters. The number of carboxylic acid groups (broad SMARTS) is 1. The molecule has 0 fully saturated rings. The highest BCUT2D eigenvalue weighted by Gasteiger charge is 2.21. The molecule has 0 unspecified atom stereocenters. The Hall–Kier alpha value is -0.880. The molecule has 5 nitrogen and oxygen atoms in total. The lowest BCUT2D eigenvalue weighted by molar-refractivity contribution is -0.137. The van der Waals surface area contributed by atoms with E-state index in [0.29, 0.717) is 9.76 Å². The Labute approximate surface area is 137 Å². The summed E-state index contributed by atoms with van der Waals surface area (Å²) in [6.07, 6.45) is 6.07. The van der Waals surface area contributed by atoms with Gasteiger partial charge in [0.05, 0.1) is 5.69 Å². The number of fused-ring (bicyclic) bond motifs is 1. The minimum Gasteiger partial charge on any atom is -0.481 e. The predicted molar refractivity (Wildman–Crippen MR) is 86.0 cm³/mol. The summed E-state index contributed by atoms with van der Waals surface area (Å²) in [5.41, 5.74) is 1.00. The van der Waals surface area contributed by atoms with E-state index in [9.17, 15) is 4.79 Å². The number of hydrogen-bond acceptors (Lipinski definition) is 4. The fourth-order valence-corrected chi connectivity index (χ4v) is 2.96. The van der Waals surface area contributed by atoms with Crippen LogP contribution in [0, 0.1) is 0 Å². The van der Waals surface area contributed by atoms with Crippen LogP contribution in [0.3, 0.4) is 0 Å². The molecule has 0 bridgehead atoms. The van der Waals surface area contributed by atoms with Gasteiger partial charge in [0, 0.05) is 19.5 Å². The predicted octanol–water partition coefficient (Wildman–Crippen LogP) is 3.68. The Kier molecular flexibility index (Phi) is 6.23. The summed E-state index contributed by atoms with van der Waals surface area (Å²) in [6.45, 7) is 1.90. The maximum atomic E-state index is 10.4. The van der Waals surface area contributed by atoms with Crippen molar-refractivity contribution in [3.05, 3.63) is 15.5 Å². The molecule has 1 N–H and O–H groups in total. The molecule has 1 aromatic heterocycles. The zero-order chi connectivity index (χ0) is 15.2. The van der Waals surface area contributed by atoms with Gasteiger partial charge < -0.3 is 10.0 Å². The van der Waals surface area contributed by atoms with Gasteiger partial charge in [-0.1, -0.05) is 24.4 Å². The van der Waals surface area contributed by atoms with Gasteiger partial charge in [0.15, 0.2) is 11.0 Å². The van der Waals surface area contributed by atoms with E-state index in [1.807, 2.05) is 0 Å². The second-order valence-electron chi connectivity index (χ2n) is 5.22. The lowest BCUT2D eigenvalue weighted by atomic mass is 10.1. The van der Waals surface area contributed by atoms with Crippen LogP contribution < -0.4 is 4.90 Å². The molecule has 116 valence electrons. The molecule has 0 saturated carbocycles. The van der Waals surface area contributed by atoms with Crippen LogP contribution in [-0.2, 0) is 11.2 Å². The highest BCUT2D eigenvalue weighted by Crippen LogP contribution is 2.29. The quantitative estimate of drug-likeness (QED) is 0.735. The van der Waals surface area contributed by atoms with Crippen molar-refractivity contribution < 1.29 is 9.90 Å². The Morgan fingerprint density at radius 1 is 1.29 bits per heavy atom. The van der Waals surface area contributed by atoms with Crippen molar-refractivity contribution in [1.82, 2.24) is 9.97 Å². The molecule has 2 rings (SSSR count). The summed E-state index contributed by atoms with van der Waals surface area (Å²) in [6, 6.07) is 0. The van der Waals surface area contributed by atoms with Gasteiger partial charge in [-0.25, -0.2) is 9.97 Å². The van der Waals surface area contributed by atoms with Gasteiger partial charge in [-0.15, -0.1) is 0 Å². The summed E-state index contributed by atoms with van der Waals surface area (Å²) in [5, 5.41) is 9.00. The number of hydrogen-bond donors (Lipinski definition) is 1. The van der Waals surface area contributed by atoms with E-state index < -0.39 is 5.97 Å². The van der Waals surface area contributed by atoms with Crippen molar-refractivity contribution in [1.29, 1.82) is 0 Å². The van der Waals surface area contributed by atoms with Crippen LogP contribution in [0.2, 0.25) is 5.15 Å². The summed E-state index contributed by atoms with van der Waals surface area (Å²) in [4.78, 5) is 21.6. The topological polar surface area (TPSA) is 66.3 Å². The molecule has 1 aromatic rings. The standard InChI is InChI=1S/C14H19BrClN3O2/c15-12-13(16)18-14-10(17-12)6-5-9-19(14)8-4-2-1-3-7-11(20)21/h1-9H2,(H,20,21). The first-order chi connectivity index (χ1) is 10.1. The third-order valence-corrected chi connectivity index (χ3v) is 4.62. The Morgan fingerprint density at radius 2 is 2.05 bits per heavy atom. The number of halogens is 2. The molecule has 1 aliphatic rings. The van der Waals surface area contributed by atoms with Gasteiger partial charge in [-0.3, -0.25) is 4.79 Å². The summed E-state index contributed by atoms with van der Waals surface area (Å²) in [7, 11) is 0. The second-order valence-corrected chi connectivity index (χ2v) is 6.33. The van der Waals surface area contributed by atoms with Crippen LogP contribution in [0.4, 0.5) is 5.82 Å². The number of anilines is 1. The van der Waals surface area contributed by atoms with Crippen molar-refractivity contribution in [2.75, 3.05) is 18.0 Å². The monoisotopic (exact) mass is 375 g/mol. The van der Waals surface area contributed by atoms with Crippen molar-refractivity contribution in [2.45, 2.75) is 44.9 Å². The molecule has 0 saturated heterocycles. The third kappa shape index (κ3) is 4.81. The van der Waals surface area contributed by atoms with Crippen LogP contribution in [0.25, 0.3) is 0 Å². The molecular formula is C14H19BrClN3O2. The van der Waals surface area contributed by atoms with Crippen LogP contribution >= 0.6 is 27.5 Å². The number of carbonyl (C=O) groups is 1. The lowest BCUT2D eigenvalue weighted by Crippen LogP contribution is -2.32. The number of carboxylic acids is 1. The van der Waals surface area contributed by atoms with E-state index in [1.54, 1.807) is 0 Å². The van der Waals surface area contributed by atoms with Crippen molar-refractivity contribution in [2.24, 2.45) is 0 Å². The van der Waals surface area contributed by atoms with Crippen molar-refractivity contribution >= 4 is 39.3 Å². The third-order valence-electron chi connectivity index (χ3n) is 3.58. The van der Waals surface area contributed by atoms with Crippen LogP contribution in [0.5, 0.6) is 0 Å². The molecule has 1 aliphatic heterocycles. The maximum Gasteiger partial charge on any atom is 0.303 e. The van der Waals surface area contributed by atoms with Gasteiger partial charge in [0.2, 0.25) is 0 Å². The zero-order valence-electron chi connectivity index (χ0n) is 11.8. The number of aryl methyl sites for hydroxylation is 1. The number of rotatable bonds is 7. The first-order valence-corrected chi connectivity index (χ1v) is 8.43. The highest BCUT2D eigenvalue weighted by molar-refractivity contribution is 9.10. The molecule has 7 heteroatoms. The fourth-order valence-electron chi connectivity index (χ4n) is 2.53. The average molecular weight is 377 g/mol. The minimum atomic E-state index is -0.713. The molecule has 0 spiro atoms. The molecule has 0 aliphatic carbocycles. The highest BCUT2D eigenvalue weighted by atomic mass is 79.9. The van der Waals surface area contributed by atoms with E-state index in [1.165, 1.54) is 0 Å². The smallest absolute Gasteiger partial charge is 0.303 e. The summed E-state index contributed by atoms with van der Waals surface area (Å²) >= 11 is 9.36. The molecule has 0 aromatic carbocycles. The molecular weight excluding hydrogens is 358 g/mol.